The zero-order valence-corrected chi connectivity index (χ0v) is 18.1. The lowest BCUT2D eigenvalue weighted by molar-refractivity contribution is 0.443. The summed E-state index contributed by atoms with van der Waals surface area (Å²) >= 11 is 0. The number of rotatable bonds is 6. The van der Waals surface area contributed by atoms with Crippen molar-refractivity contribution in [2.45, 2.75) is 40.2 Å². The summed E-state index contributed by atoms with van der Waals surface area (Å²) in [6, 6.07) is 14.4. The fourth-order valence-electron chi connectivity index (χ4n) is 4.13. The molecule has 1 atom stereocenters. The van der Waals surface area contributed by atoms with Crippen LogP contribution in [0.4, 0.5) is 0 Å². The largest absolute Gasteiger partial charge is 0.349 e. The number of aromatic amines is 1. The minimum Gasteiger partial charge on any atom is -0.322 e. The number of nitrogens with zero attached hydrogens (tertiary/aromatic N) is 3. The molecule has 0 aromatic heterocycles. The molecule has 6 nitrogen and oxygen atoms in total. The summed E-state index contributed by atoms with van der Waals surface area (Å²) in [6.45, 7) is 10.8. The highest BCUT2D eigenvalue weighted by Crippen LogP contribution is 2.27. The van der Waals surface area contributed by atoms with Crippen LogP contribution in [0, 0.1) is 19.8 Å². The van der Waals surface area contributed by atoms with Crippen molar-refractivity contribution >= 4 is 11.0 Å². The van der Waals surface area contributed by atoms with Crippen molar-refractivity contribution in [3.8, 4) is 11.5 Å². The van der Waals surface area contributed by atoms with Gasteiger partial charge in [0, 0.05) is 6.54 Å². The maximum absolute atomic E-state index is 12.5. The monoisotopic (exact) mass is 414 g/mol. The van der Waals surface area contributed by atoms with Crippen molar-refractivity contribution < 1.29 is 0 Å². The van der Waals surface area contributed by atoms with Gasteiger partial charge in [-0.3, -0.25) is 9.78 Å². The van der Waals surface area contributed by atoms with Gasteiger partial charge in [0.05, 0.1) is 11.0 Å². The standard InChI is InChI=1S/C25H26N4O2/c1-15(2)10-19(13-18-8-6-5-7-9-18)14-29-21-12-17(4)16(3)11-20(21)26-22-23(29)27-25(31)28-24(22)30/h5-9,11-12,19H,1,10,13-14H2,2-4H3,(H,28,30,31). The fraction of sp³-hybridized carbons (Fsp3) is 0.280. The van der Waals surface area contributed by atoms with Crippen molar-refractivity contribution in [2.24, 2.45) is 5.92 Å². The maximum atomic E-state index is 12.5. The summed E-state index contributed by atoms with van der Waals surface area (Å²) in [7, 11) is 0. The zero-order valence-electron chi connectivity index (χ0n) is 18.1. The third kappa shape index (κ3) is 4.33. The molecule has 0 radical (unpaired) electrons. The average Bonchev–Trinajstić information content (AvgIpc) is 2.70. The molecule has 2 aromatic carbocycles. The summed E-state index contributed by atoms with van der Waals surface area (Å²) < 4.78 is 1.98. The van der Waals surface area contributed by atoms with E-state index in [1.54, 1.807) is 0 Å². The molecule has 0 bridgehead atoms. The lowest BCUT2D eigenvalue weighted by Gasteiger charge is -2.23. The molecule has 6 heteroatoms. The summed E-state index contributed by atoms with van der Waals surface area (Å²) in [5.41, 5.74) is 5.14. The average molecular weight is 415 g/mol. The molecule has 2 aliphatic heterocycles. The molecule has 158 valence electrons. The number of hydrogen-bond donors (Lipinski definition) is 1. The van der Waals surface area contributed by atoms with E-state index in [1.165, 1.54) is 5.56 Å². The number of aryl methyl sites for hydroxylation is 2. The van der Waals surface area contributed by atoms with Crippen LogP contribution >= 0.6 is 0 Å². The van der Waals surface area contributed by atoms with E-state index in [4.69, 9.17) is 0 Å². The Labute approximate surface area is 180 Å². The van der Waals surface area contributed by atoms with E-state index in [2.05, 4.69) is 39.7 Å². The first-order valence-electron chi connectivity index (χ1n) is 10.4. The Balaban J connectivity index is 1.91. The highest BCUT2D eigenvalue weighted by atomic mass is 16.2. The first-order chi connectivity index (χ1) is 14.8. The van der Waals surface area contributed by atoms with Gasteiger partial charge in [-0.2, -0.15) is 4.98 Å². The predicted octanol–water partition coefficient (Wildman–Crippen LogP) is 4.03. The van der Waals surface area contributed by atoms with Gasteiger partial charge in [-0.1, -0.05) is 35.9 Å². The SMILES string of the molecule is C=C(C)CC(Cc1ccccc1)Cn1c2nc(=O)[nH]c(=O)c-2nc2cc(C)c(C)cc21. The Morgan fingerprint density at radius 1 is 1.10 bits per heavy atom. The Kier molecular flexibility index (Phi) is 5.55. The Hall–Kier alpha value is -3.54. The second-order valence-corrected chi connectivity index (χ2v) is 8.41. The molecule has 0 saturated carbocycles. The maximum Gasteiger partial charge on any atom is 0.349 e. The van der Waals surface area contributed by atoms with Crippen LogP contribution < -0.4 is 11.2 Å². The van der Waals surface area contributed by atoms with Gasteiger partial charge in [0.15, 0.2) is 11.5 Å². The molecule has 4 rings (SSSR count). The molecule has 1 N–H and O–H groups in total. The van der Waals surface area contributed by atoms with Gasteiger partial charge in [0.25, 0.3) is 5.56 Å². The summed E-state index contributed by atoms with van der Waals surface area (Å²) in [5, 5.41) is 0. The number of allylic oxidation sites excluding steroid dienone is 1. The van der Waals surface area contributed by atoms with Crippen molar-refractivity contribution in [3.05, 3.63) is 92.1 Å². The van der Waals surface area contributed by atoms with E-state index in [0.717, 1.165) is 40.6 Å². The van der Waals surface area contributed by atoms with Crippen LogP contribution in [-0.2, 0) is 13.0 Å². The van der Waals surface area contributed by atoms with Crippen LogP contribution in [0.5, 0.6) is 0 Å². The van der Waals surface area contributed by atoms with Gasteiger partial charge in [-0.05, 0) is 68.4 Å². The number of aromatic nitrogens is 4. The number of fused-ring (bicyclic) bond motifs is 2. The lowest BCUT2D eigenvalue weighted by atomic mass is 9.93. The first kappa shape index (κ1) is 20.7. The van der Waals surface area contributed by atoms with Gasteiger partial charge in [0.1, 0.15) is 0 Å². The van der Waals surface area contributed by atoms with Gasteiger partial charge >= 0.3 is 5.69 Å². The smallest absolute Gasteiger partial charge is 0.322 e. The minimum atomic E-state index is -0.657. The predicted molar refractivity (Wildman–Crippen MR) is 124 cm³/mol. The van der Waals surface area contributed by atoms with Crippen LogP contribution in [0.15, 0.2) is 64.2 Å². The molecule has 2 aromatic rings. The highest BCUT2D eigenvalue weighted by molar-refractivity contribution is 5.81. The van der Waals surface area contributed by atoms with E-state index in [1.807, 2.05) is 49.6 Å². The Bertz CT molecular complexity index is 1350. The van der Waals surface area contributed by atoms with E-state index in [0.29, 0.717) is 12.4 Å². The van der Waals surface area contributed by atoms with Gasteiger partial charge in [-0.15, -0.1) is 6.58 Å². The molecule has 2 aliphatic rings. The molecule has 0 saturated heterocycles. The quantitative estimate of drug-likeness (QED) is 0.382. The number of benzene rings is 2. The van der Waals surface area contributed by atoms with Gasteiger partial charge in [0.2, 0.25) is 0 Å². The van der Waals surface area contributed by atoms with Crippen molar-refractivity contribution in [1.29, 1.82) is 0 Å². The summed E-state index contributed by atoms with van der Waals surface area (Å²) in [4.78, 5) is 35.5. The molecular weight excluding hydrogens is 388 g/mol. The van der Waals surface area contributed by atoms with Crippen LogP contribution in [0.25, 0.3) is 22.6 Å². The molecule has 0 fully saturated rings. The molecule has 1 unspecified atom stereocenters. The van der Waals surface area contributed by atoms with Crippen molar-refractivity contribution in [2.75, 3.05) is 0 Å². The first-order valence-corrected chi connectivity index (χ1v) is 10.4. The number of hydrogen-bond acceptors (Lipinski definition) is 4. The van der Waals surface area contributed by atoms with Crippen molar-refractivity contribution in [1.82, 2.24) is 19.5 Å². The summed E-state index contributed by atoms with van der Waals surface area (Å²) in [5.74, 6) is 0.542. The van der Waals surface area contributed by atoms with Crippen molar-refractivity contribution in [3.63, 3.8) is 0 Å². The zero-order chi connectivity index (χ0) is 22.1. The molecule has 0 amide bonds. The van der Waals surface area contributed by atoms with E-state index >= 15 is 0 Å². The molecule has 2 heterocycles. The summed E-state index contributed by atoms with van der Waals surface area (Å²) in [6.07, 6.45) is 1.68. The van der Waals surface area contributed by atoms with Crippen LogP contribution in [0.2, 0.25) is 0 Å². The van der Waals surface area contributed by atoms with E-state index in [9.17, 15) is 9.59 Å². The third-order valence-corrected chi connectivity index (χ3v) is 5.67. The fourth-order valence-corrected chi connectivity index (χ4v) is 4.13. The second-order valence-electron chi connectivity index (χ2n) is 8.41. The lowest BCUT2D eigenvalue weighted by Crippen LogP contribution is -2.30. The molecule has 0 spiro atoms. The van der Waals surface area contributed by atoms with E-state index < -0.39 is 11.2 Å². The molecule has 31 heavy (non-hydrogen) atoms. The Morgan fingerprint density at radius 3 is 2.52 bits per heavy atom. The van der Waals surface area contributed by atoms with Crippen LogP contribution in [-0.4, -0.2) is 19.5 Å². The highest BCUT2D eigenvalue weighted by Gasteiger charge is 2.22. The molecule has 0 aliphatic carbocycles. The van der Waals surface area contributed by atoms with E-state index in [-0.39, 0.29) is 11.6 Å². The number of nitrogens with one attached hydrogen (secondary N) is 1. The normalized spacial score (nSPS) is 12.4. The minimum absolute atomic E-state index is 0.184. The third-order valence-electron chi connectivity index (χ3n) is 5.67. The Morgan fingerprint density at radius 2 is 1.81 bits per heavy atom. The van der Waals surface area contributed by atoms with Crippen LogP contribution in [0.3, 0.4) is 0 Å². The van der Waals surface area contributed by atoms with Crippen LogP contribution in [0.1, 0.15) is 30.0 Å². The van der Waals surface area contributed by atoms with Gasteiger partial charge < -0.3 is 4.57 Å². The number of H-pyrrole nitrogens is 1. The van der Waals surface area contributed by atoms with Gasteiger partial charge in [-0.25, -0.2) is 9.78 Å². The topological polar surface area (TPSA) is 80.6 Å². The second kappa shape index (κ2) is 8.30. The molecular formula is C25H26N4O2.